The Morgan fingerprint density at radius 2 is 1.47 bits per heavy atom. The number of nitrogens with two attached hydrogens (primary N) is 1. The van der Waals surface area contributed by atoms with Crippen LogP contribution in [0.3, 0.4) is 0 Å². The Labute approximate surface area is 115 Å². The molecular weight excluding hydrogens is 242 g/mol. The van der Waals surface area contributed by atoms with E-state index in [2.05, 4.69) is 0 Å². The molecule has 0 aromatic carbocycles. The van der Waals surface area contributed by atoms with E-state index >= 15 is 0 Å². The van der Waals surface area contributed by atoms with Crippen LogP contribution in [0.4, 0.5) is 0 Å². The molecule has 0 unspecified atom stereocenters. The molecule has 1 aliphatic carbocycles. The minimum absolute atomic E-state index is 0.00917. The minimum atomic E-state index is -0.00917. The fourth-order valence-corrected chi connectivity index (χ4v) is 3.14. The largest absolute Gasteiger partial charge is 0.341 e. The average Bonchev–Trinajstić information content (AvgIpc) is 2.79. The smallest absolute Gasteiger partial charge is 0.236 e. The molecule has 2 aliphatic rings. The van der Waals surface area contributed by atoms with Gasteiger partial charge in [-0.25, -0.2) is 0 Å². The second kappa shape index (κ2) is 6.89. The van der Waals surface area contributed by atoms with Gasteiger partial charge in [0.15, 0.2) is 0 Å². The highest BCUT2D eigenvalue weighted by Gasteiger charge is 2.24. The molecule has 1 aliphatic heterocycles. The maximum absolute atomic E-state index is 12.3. The summed E-state index contributed by atoms with van der Waals surface area (Å²) in [5.41, 5.74) is 5.39. The summed E-state index contributed by atoms with van der Waals surface area (Å²) in [6, 6.07) is 0. The van der Waals surface area contributed by atoms with Gasteiger partial charge in [-0.2, -0.15) is 0 Å². The van der Waals surface area contributed by atoms with Crippen molar-refractivity contribution in [2.75, 3.05) is 32.7 Å². The van der Waals surface area contributed by atoms with Crippen LogP contribution in [0, 0.1) is 5.92 Å². The third-order valence-corrected chi connectivity index (χ3v) is 4.31. The Balaban J connectivity index is 1.81. The van der Waals surface area contributed by atoms with Crippen molar-refractivity contribution < 1.29 is 9.59 Å². The molecule has 1 saturated heterocycles. The van der Waals surface area contributed by atoms with E-state index in [0.717, 1.165) is 19.5 Å². The van der Waals surface area contributed by atoms with Crippen molar-refractivity contribution in [2.45, 2.75) is 38.5 Å². The highest BCUT2D eigenvalue weighted by atomic mass is 16.2. The van der Waals surface area contributed by atoms with Crippen molar-refractivity contribution in [1.29, 1.82) is 0 Å². The summed E-state index contributed by atoms with van der Waals surface area (Å²) in [4.78, 5) is 27.5. The summed E-state index contributed by atoms with van der Waals surface area (Å²) < 4.78 is 0. The molecule has 2 amide bonds. The lowest BCUT2D eigenvalue weighted by Gasteiger charge is -2.23. The van der Waals surface area contributed by atoms with Gasteiger partial charge in [-0.05, 0) is 25.2 Å². The van der Waals surface area contributed by atoms with Gasteiger partial charge >= 0.3 is 0 Å². The summed E-state index contributed by atoms with van der Waals surface area (Å²) in [5.74, 6) is 0.858. The molecule has 0 spiro atoms. The Kier molecular flexibility index (Phi) is 5.19. The molecule has 0 aromatic rings. The van der Waals surface area contributed by atoms with Crippen molar-refractivity contribution in [3.8, 4) is 0 Å². The molecule has 2 rings (SSSR count). The van der Waals surface area contributed by atoms with Gasteiger partial charge in [0.1, 0.15) is 0 Å². The van der Waals surface area contributed by atoms with Gasteiger partial charge in [0, 0.05) is 32.6 Å². The van der Waals surface area contributed by atoms with Crippen molar-refractivity contribution in [1.82, 2.24) is 9.80 Å². The van der Waals surface area contributed by atoms with Gasteiger partial charge in [0.25, 0.3) is 0 Å². The van der Waals surface area contributed by atoms with Crippen LogP contribution < -0.4 is 5.73 Å². The zero-order chi connectivity index (χ0) is 13.7. The first-order valence-corrected chi connectivity index (χ1v) is 7.46. The summed E-state index contributed by atoms with van der Waals surface area (Å²) in [7, 11) is 0. The van der Waals surface area contributed by atoms with E-state index in [-0.39, 0.29) is 18.4 Å². The first-order valence-electron chi connectivity index (χ1n) is 7.46. The quantitative estimate of drug-likeness (QED) is 0.813. The normalized spacial score (nSPS) is 21.5. The molecule has 1 heterocycles. The molecule has 5 nitrogen and oxygen atoms in total. The summed E-state index contributed by atoms with van der Waals surface area (Å²) in [6.07, 6.45) is 6.52. The van der Waals surface area contributed by atoms with Crippen LogP contribution in [-0.2, 0) is 9.59 Å². The van der Waals surface area contributed by atoms with Crippen LogP contribution in [-0.4, -0.2) is 54.3 Å². The van der Waals surface area contributed by atoms with E-state index < -0.39 is 0 Å². The monoisotopic (exact) mass is 267 g/mol. The maximum atomic E-state index is 12.3. The molecule has 0 bridgehead atoms. The highest BCUT2D eigenvalue weighted by Crippen LogP contribution is 2.28. The third kappa shape index (κ3) is 3.93. The lowest BCUT2D eigenvalue weighted by atomic mass is 10.0. The van der Waals surface area contributed by atoms with Gasteiger partial charge in [-0.1, -0.05) is 12.8 Å². The van der Waals surface area contributed by atoms with Crippen LogP contribution in [0.15, 0.2) is 0 Å². The number of hydrogen-bond acceptors (Lipinski definition) is 3. The van der Waals surface area contributed by atoms with Gasteiger partial charge in [0.2, 0.25) is 11.8 Å². The molecule has 1 saturated carbocycles. The second-order valence-electron chi connectivity index (χ2n) is 5.67. The zero-order valence-corrected chi connectivity index (χ0v) is 11.6. The molecule has 2 N–H and O–H groups in total. The topological polar surface area (TPSA) is 66.6 Å². The Morgan fingerprint density at radius 3 is 2.05 bits per heavy atom. The van der Waals surface area contributed by atoms with Crippen LogP contribution >= 0.6 is 0 Å². The fourth-order valence-electron chi connectivity index (χ4n) is 3.14. The summed E-state index contributed by atoms with van der Waals surface area (Å²) in [5, 5.41) is 0. The van der Waals surface area contributed by atoms with Crippen molar-refractivity contribution >= 4 is 11.8 Å². The number of carbonyl (C=O) groups excluding carboxylic acids is 2. The van der Waals surface area contributed by atoms with Gasteiger partial charge < -0.3 is 15.5 Å². The summed E-state index contributed by atoms with van der Waals surface area (Å²) in [6.45, 7) is 2.86. The van der Waals surface area contributed by atoms with E-state index in [0.29, 0.717) is 25.4 Å². The Morgan fingerprint density at radius 1 is 0.895 bits per heavy atom. The molecule has 5 heteroatoms. The SMILES string of the molecule is NCC(=O)N1CCCN(C(=O)CC2CCCC2)CC1. The molecule has 19 heavy (non-hydrogen) atoms. The first kappa shape index (κ1) is 14.3. The predicted octanol–water partition coefficient (Wildman–Crippen LogP) is 0.586. The Bertz CT molecular complexity index is 327. The number of rotatable bonds is 3. The molecule has 0 aromatic heterocycles. The van der Waals surface area contributed by atoms with Crippen molar-refractivity contribution in [3.05, 3.63) is 0 Å². The van der Waals surface area contributed by atoms with Crippen LogP contribution in [0.25, 0.3) is 0 Å². The predicted molar refractivity (Wildman–Crippen MR) is 73.4 cm³/mol. The van der Waals surface area contributed by atoms with E-state index in [9.17, 15) is 9.59 Å². The standard InChI is InChI=1S/C14H25N3O2/c15-11-14(19)17-7-3-6-16(8-9-17)13(18)10-12-4-1-2-5-12/h12H,1-11,15H2. The van der Waals surface area contributed by atoms with Gasteiger partial charge in [0.05, 0.1) is 6.54 Å². The van der Waals surface area contributed by atoms with E-state index in [1.54, 1.807) is 4.90 Å². The molecule has 0 atom stereocenters. The lowest BCUT2D eigenvalue weighted by molar-refractivity contribution is -0.133. The number of amides is 2. The number of hydrogen-bond donors (Lipinski definition) is 1. The second-order valence-corrected chi connectivity index (χ2v) is 5.67. The van der Waals surface area contributed by atoms with E-state index in [1.165, 1.54) is 25.7 Å². The Hall–Kier alpha value is -1.10. The molecule has 108 valence electrons. The van der Waals surface area contributed by atoms with E-state index in [1.807, 2.05) is 4.90 Å². The summed E-state index contributed by atoms with van der Waals surface area (Å²) >= 11 is 0. The third-order valence-electron chi connectivity index (χ3n) is 4.31. The zero-order valence-electron chi connectivity index (χ0n) is 11.6. The molecule has 2 fully saturated rings. The fraction of sp³-hybridized carbons (Fsp3) is 0.857. The van der Waals surface area contributed by atoms with Gasteiger partial charge in [-0.3, -0.25) is 9.59 Å². The minimum Gasteiger partial charge on any atom is -0.341 e. The van der Waals surface area contributed by atoms with Crippen molar-refractivity contribution in [2.24, 2.45) is 11.7 Å². The van der Waals surface area contributed by atoms with Crippen LogP contribution in [0.5, 0.6) is 0 Å². The highest BCUT2D eigenvalue weighted by molar-refractivity contribution is 5.79. The first-order chi connectivity index (χ1) is 9.20. The number of nitrogens with zero attached hydrogens (tertiary/aromatic N) is 2. The average molecular weight is 267 g/mol. The lowest BCUT2D eigenvalue weighted by Crippen LogP contribution is -2.40. The van der Waals surface area contributed by atoms with Crippen LogP contribution in [0.2, 0.25) is 0 Å². The van der Waals surface area contributed by atoms with Gasteiger partial charge in [-0.15, -0.1) is 0 Å². The molecular formula is C14H25N3O2. The van der Waals surface area contributed by atoms with E-state index in [4.69, 9.17) is 5.73 Å². The number of carbonyl (C=O) groups is 2. The molecule has 0 radical (unpaired) electrons. The van der Waals surface area contributed by atoms with Crippen molar-refractivity contribution in [3.63, 3.8) is 0 Å². The van der Waals surface area contributed by atoms with Crippen LogP contribution in [0.1, 0.15) is 38.5 Å². The maximum Gasteiger partial charge on any atom is 0.236 e.